The van der Waals surface area contributed by atoms with Gasteiger partial charge in [-0.25, -0.2) is 4.90 Å². The summed E-state index contributed by atoms with van der Waals surface area (Å²) in [6.07, 6.45) is 1.66. The zero-order valence-corrected chi connectivity index (χ0v) is 18.9. The fraction of sp³-hybridized carbons (Fsp3) is 0.273. The van der Waals surface area contributed by atoms with Crippen LogP contribution in [0, 0.1) is 6.92 Å². The zero-order valence-electron chi connectivity index (χ0n) is 16.5. The van der Waals surface area contributed by atoms with Crippen LogP contribution >= 0.6 is 35.0 Å². The topological polar surface area (TPSA) is 45.1 Å². The first-order chi connectivity index (χ1) is 14.4. The second kappa shape index (κ2) is 9.02. The van der Waals surface area contributed by atoms with Gasteiger partial charge < -0.3 is 9.80 Å². The molecule has 0 bridgehead atoms. The van der Waals surface area contributed by atoms with Crippen LogP contribution in [-0.4, -0.2) is 48.9 Å². The third kappa shape index (κ3) is 4.52. The van der Waals surface area contributed by atoms with Gasteiger partial charge in [-0.3, -0.25) is 9.59 Å². The highest BCUT2D eigenvalue weighted by molar-refractivity contribution is 8.18. The molecule has 2 amide bonds. The third-order valence-electron chi connectivity index (χ3n) is 5.43. The summed E-state index contributed by atoms with van der Waals surface area (Å²) in [5, 5.41) is 0.746. The number of nitrogens with zero attached hydrogens (tertiary/aromatic N) is 2. The number of para-hydroxylation sites is 1. The average Bonchev–Trinajstić information content (AvgIpc) is 2.98. The van der Waals surface area contributed by atoms with Crippen LogP contribution in [0.15, 0.2) is 47.4 Å². The van der Waals surface area contributed by atoms with Crippen LogP contribution in [0.3, 0.4) is 0 Å². The maximum Gasteiger partial charge on any atom is 0.298 e. The molecule has 8 heteroatoms. The number of carbonyl (C=O) groups excluding carboxylic acids is 2. The number of anilines is 1. The number of benzene rings is 2. The largest absolute Gasteiger partial charge is 0.360 e. The zero-order chi connectivity index (χ0) is 21.3. The normalized spacial score (nSPS) is 19.2. The lowest BCUT2D eigenvalue weighted by Crippen LogP contribution is -3.16. The number of nitrogens with one attached hydrogen (secondary N) is 1. The highest BCUT2D eigenvalue weighted by atomic mass is 35.5. The van der Waals surface area contributed by atoms with Gasteiger partial charge >= 0.3 is 0 Å². The molecular formula is C22H22Cl2N3O2S+. The van der Waals surface area contributed by atoms with Crippen molar-refractivity contribution in [3.63, 3.8) is 0 Å². The third-order valence-corrected chi connectivity index (χ3v) is 6.90. The number of rotatable bonds is 4. The van der Waals surface area contributed by atoms with E-state index in [1.807, 2.05) is 6.07 Å². The van der Waals surface area contributed by atoms with Gasteiger partial charge in [0, 0.05) is 15.7 Å². The van der Waals surface area contributed by atoms with E-state index in [1.54, 1.807) is 24.3 Å². The molecule has 30 heavy (non-hydrogen) atoms. The van der Waals surface area contributed by atoms with Crippen LogP contribution in [0.2, 0.25) is 10.0 Å². The quantitative estimate of drug-likeness (QED) is 0.703. The number of halogens is 2. The molecule has 0 aromatic heterocycles. The monoisotopic (exact) mass is 462 g/mol. The summed E-state index contributed by atoms with van der Waals surface area (Å²) in [7, 11) is 0. The Kier molecular flexibility index (Phi) is 6.39. The Labute approximate surface area is 190 Å². The van der Waals surface area contributed by atoms with Crippen LogP contribution in [-0.2, 0) is 4.79 Å². The first-order valence-electron chi connectivity index (χ1n) is 9.77. The number of thioether (sulfide) groups is 1. The highest BCUT2D eigenvalue weighted by Gasteiger charge is 2.38. The van der Waals surface area contributed by atoms with Gasteiger partial charge in [-0.1, -0.05) is 47.5 Å². The van der Waals surface area contributed by atoms with E-state index < -0.39 is 0 Å². The van der Waals surface area contributed by atoms with E-state index >= 15 is 0 Å². The smallest absolute Gasteiger partial charge is 0.298 e. The molecule has 0 saturated carbocycles. The number of amides is 2. The van der Waals surface area contributed by atoms with Gasteiger partial charge in [0.15, 0.2) is 6.67 Å². The minimum atomic E-state index is -0.259. The Morgan fingerprint density at radius 2 is 1.83 bits per heavy atom. The lowest BCUT2D eigenvalue weighted by atomic mass is 10.1. The lowest BCUT2D eigenvalue weighted by Gasteiger charge is -2.35. The maximum atomic E-state index is 12.8. The molecule has 2 aliphatic rings. The van der Waals surface area contributed by atoms with Crippen LogP contribution < -0.4 is 9.80 Å². The second-order valence-electron chi connectivity index (χ2n) is 7.46. The number of carbonyl (C=O) groups is 2. The fourth-order valence-electron chi connectivity index (χ4n) is 3.76. The van der Waals surface area contributed by atoms with Gasteiger partial charge in [-0.05, 0) is 54.1 Å². The summed E-state index contributed by atoms with van der Waals surface area (Å²) in [5.41, 5.74) is 3.19. The van der Waals surface area contributed by atoms with E-state index in [9.17, 15) is 9.59 Å². The van der Waals surface area contributed by atoms with Crippen LogP contribution in [0.1, 0.15) is 11.1 Å². The summed E-state index contributed by atoms with van der Waals surface area (Å²) in [6.45, 7) is 6.04. The van der Waals surface area contributed by atoms with Crippen LogP contribution in [0.25, 0.3) is 6.08 Å². The molecule has 5 nitrogen and oxygen atoms in total. The highest BCUT2D eigenvalue weighted by Crippen LogP contribution is 2.33. The molecule has 0 aliphatic carbocycles. The molecule has 2 heterocycles. The van der Waals surface area contributed by atoms with Crippen molar-refractivity contribution < 1.29 is 14.5 Å². The van der Waals surface area contributed by atoms with E-state index in [4.69, 9.17) is 23.2 Å². The SMILES string of the molecule is Cc1ccccc1N1CC[NH+](CN2C(=O)S/C(=C/c3ccc(Cl)cc3Cl)C2=O)CC1. The van der Waals surface area contributed by atoms with E-state index in [0.29, 0.717) is 27.2 Å². The molecular weight excluding hydrogens is 441 g/mol. The molecule has 0 unspecified atom stereocenters. The van der Waals surface area contributed by atoms with E-state index in [-0.39, 0.29) is 11.1 Å². The number of quaternary nitrogens is 1. The standard InChI is InChI=1S/C22H21Cl2N3O2S/c1-15-4-2-3-5-19(15)26-10-8-25(9-11-26)14-27-21(28)20(30-22(27)29)12-16-6-7-17(23)13-18(16)24/h2-7,12-13H,8-11,14H2,1H3/p+1/b20-12+. The predicted octanol–water partition coefficient (Wildman–Crippen LogP) is 3.70. The van der Waals surface area contributed by atoms with Crippen LogP contribution in [0.4, 0.5) is 10.5 Å². The Morgan fingerprint density at radius 3 is 2.53 bits per heavy atom. The number of aryl methyl sites for hydroxylation is 1. The molecule has 4 rings (SSSR count). The van der Waals surface area contributed by atoms with Crippen molar-refractivity contribution in [2.24, 2.45) is 0 Å². The number of hydrogen-bond donors (Lipinski definition) is 1. The molecule has 156 valence electrons. The van der Waals surface area contributed by atoms with Gasteiger partial charge in [-0.2, -0.15) is 0 Å². The second-order valence-corrected chi connectivity index (χ2v) is 9.29. The van der Waals surface area contributed by atoms with Crippen molar-refractivity contribution >= 4 is 57.9 Å². The van der Waals surface area contributed by atoms with Gasteiger partial charge in [0.25, 0.3) is 11.1 Å². The minimum absolute atomic E-state index is 0.231. The summed E-state index contributed by atoms with van der Waals surface area (Å²) < 4.78 is 0. The molecule has 2 saturated heterocycles. The molecule has 0 radical (unpaired) electrons. The summed E-state index contributed by atoms with van der Waals surface area (Å²) in [6, 6.07) is 13.4. The van der Waals surface area contributed by atoms with Gasteiger partial charge in [0.1, 0.15) is 0 Å². The number of hydrogen-bond acceptors (Lipinski definition) is 4. The van der Waals surface area contributed by atoms with Crippen molar-refractivity contribution in [2.75, 3.05) is 37.7 Å². The van der Waals surface area contributed by atoms with Crippen LogP contribution in [0.5, 0.6) is 0 Å². The molecule has 0 spiro atoms. The molecule has 1 N–H and O–H groups in total. The van der Waals surface area contributed by atoms with E-state index in [1.165, 1.54) is 21.1 Å². The predicted molar refractivity (Wildman–Crippen MR) is 123 cm³/mol. The molecule has 2 aliphatic heterocycles. The first-order valence-corrected chi connectivity index (χ1v) is 11.3. The van der Waals surface area contributed by atoms with E-state index in [0.717, 1.165) is 37.9 Å². The molecule has 0 atom stereocenters. The Hall–Kier alpha value is -1.99. The molecule has 2 fully saturated rings. The first kappa shape index (κ1) is 21.2. The van der Waals surface area contributed by atoms with Gasteiger partial charge in [0.05, 0.1) is 31.1 Å². The Bertz CT molecular complexity index is 1020. The molecule has 2 aromatic carbocycles. The Balaban J connectivity index is 1.40. The Morgan fingerprint density at radius 1 is 1.10 bits per heavy atom. The fourth-order valence-corrected chi connectivity index (χ4v) is 5.05. The van der Waals surface area contributed by atoms with E-state index in [2.05, 4.69) is 30.0 Å². The van der Waals surface area contributed by atoms with Crippen molar-refractivity contribution in [2.45, 2.75) is 6.92 Å². The average molecular weight is 463 g/mol. The van der Waals surface area contributed by atoms with Gasteiger partial charge in [-0.15, -0.1) is 0 Å². The number of piperazine rings is 1. The maximum absolute atomic E-state index is 12.8. The van der Waals surface area contributed by atoms with Crippen molar-refractivity contribution in [1.29, 1.82) is 0 Å². The minimum Gasteiger partial charge on any atom is -0.360 e. The van der Waals surface area contributed by atoms with Crippen molar-refractivity contribution in [3.8, 4) is 0 Å². The number of imide groups is 1. The van der Waals surface area contributed by atoms with Crippen molar-refractivity contribution in [3.05, 3.63) is 68.5 Å². The summed E-state index contributed by atoms with van der Waals surface area (Å²) in [4.78, 5) is 30.6. The van der Waals surface area contributed by atoms with Gasteiger partial charge in [0.2, 0.25) is 0 Å². The van der Waals surface area contributed by atoms with Crippen molar-refractivity contribution in [1.82, 2.24) is 4.90 Å². The summed E-state index contributed by atoms with van der Waals surface area (Å²) in [5.74, 6) is -0.259. The summed E-state index contributed by atoms with van der Waals surface area (Å²) >= 11 is 13.1. The molecule has 2 aromatic rings. The lowest BCUT2D eigenvalue weighted by molar-refractivity contribution is -0.907.